The van der Waals surface area contributed by atoms with Gasteiger partial charge in [0.05, 0.1) is 16.3 Å². The fourth-order valence-corrected chi connectivity index (χ4v) is 8.35. The number of benzene rings is 2. The van der Waals surface area contributed by atoms with Crippen molar-refractivity contribution in [3.05, 3.63) is 69.7 Å². The van der Waals surface area contributed by atoms with E-state index in [0.717, 1.165) is 63.8 Å². The van der Waals surface area contributed by atoms with Crippen LogP contribution in [-0.2, 0) is 15.4 Å². The molecule has 0 radical (unpaired) electrons. The minimum atomic E-state index is -3.08. The average molecular weight is 607 g/mol. The fraction of sp³-hybridized carbons (Fsp3) is 0.581. The number of carbonyl (C=O) groups is 1. The second-order valence-corrected chi connectivity index (χ2v) is 14.8. The zero-order valence-electron chi connectivity index (χ0n) is 23.4. The van der Waals surface area contributed by atoms with Crippen LogP contribution in [-0.4, -0.2) is 80.5 Å². The molecule has 40 heavy (non-hydrogen) atoms. The van der Waals surface area contributed by atoms with Crippen molar-refractivity contribution >= 4 is 39.1 Å². The Morgan fingerprint density at radius 2 is 1.55 bits per heavy atom. The first-order chi connectivity index (χ1) is 19.1. The zero-order chi connectivity index (χ0) is 28.3. The van der Waals surface area contributed by atoms with Crippen LogP contribution in [0.1, 0.15) is 60.9 Å². The quantitative estimate of drug-likeness (QED) is 0.392. The number of sulfonamides is 1. The highest BCUT2D eigenvalue weighted by Gasteiger charge is 2.40. The Balaban J connectivity index is 1.24. The van der Waals surface area contributed by atoms with Crippen LogP contribution in [0.15, 0.2) is 48.5 Å². The van der Waals surface area contributed by atoms with Crippen molar-refractivity contribution < 1.29 is 13.2 Å². The van der Waals surface area contributed by atoms with Crippen LogP contribution in [0.5, 0.6) is 0 Å². The van der Waals surface area contributed by atoms with Gasteiger partial charge in [0, 0.05) is 37.2 Å². The van der Waals surface area contributed by atoms with Gasteiger partial charge in [0.15, 0.2) is 0 Å². The third kappa shape index (κ3) is 6.87. The van der Waals surface area contributed by atoms with E-state index in [1.807, 2.05) is 47.4 Å². The van der Waals surface area contributed by atoms with Gasteiger partial charge in [-0.05, 0) is 106 Å². The first-order valence-electron chi connectivity index (χ1n) is 14.6. The predicted molar refractivity (Wildman–Crippen MR) is 163 cm³/mol. The smallest absolute Gasteiger partial charge is 0.253 e. The molecule has 2 aromatic rings. The Kier molecular flexibility index (Phi) is 9.47. The van der Waals surface area contributed by atoms with Gasteiger partial charge in [0.1, 0.15) is 0 Å². The molecule has 3 saturated heterocycles. The molecule has 0 N–H and O–H groups in total. The molecule has 1 amide bonds. The number of nitrogens with zero attached hydrogens (tertiary/aromatic N) is 3. The van der Waals surface area contributed by atoms with E-state index in [0.29, 0.717) is 41.5 Å². The lowest BCUT2D eigenvalue weighted by molar-refractivity contribution is 0.0593. The molecule has 3 heterocycles. The molecule has 0 saturated carbocycles. The highest BCUT2D eigenvalue weighted by molar-refractivity contribution is 7.88. The van der Waals surface area contributed by atoms with E-state index in [1.165, 1.54) is 24.7 Å². The summed E-state index contributed by atoms with van der Waals surface area (Å²) in [6, 6.07) is 15.6. The molecular formula is C31H41Cl2N3O3S. The van der Waals surface area contributed by atoms with E-state index in [9.17, 15) is 13.2 Å². The Morgan fingerprint density at radius 1 is 0.900 bits per heavy atom. The number of rotatable bonds is 7. The highest BCUT2D eigenvalue weighted by atomic mass is 35.5. The Bertz CT molecular complexity index is 1280. The minimum Gasteiger partial charge on any atom is -0.338 e. The van der Waals surface area contributed by atoms with Crippen LogP contribution in [0.2, 0.25) is 10.0 Å². The SMILES string of the molecule is CS(=O)(=O)N1CCC(C2CCN(CCC3(c4ccc(Cl)c(Cl)c4)CCCN(C(=O)c4ccccc4)C3)CC2)CC1. The van der Waals surface area contributed by atoms with Crippen LogP contribution >= 0.6 is 23.2 Å². The molecule has 218 valence electrons. The van der Waals surface area contributed by atoms with Gasteiger partial charge >= 0.3 is 0 Å². The summed E-state index contributed by atoms with van der Waals surface area (Å²) in [5, 5.41) is 1.12. The molecule has 0 aromatic heterocycles. The Labute approximate surface area is 249 Å². The lowest BCUT2D eigenvalue weighted by Gasteiger charge is -2.45. The molecule has 3 aliphatic heterocycles. The van der Waals surface area contributed by atoms with Crippen molar-refractivity contribution in [2.24, 2.45) is 11.8 Å². The second-order valence-electron chi connectivity index (χ2n) is 12.0. The number of amides is 1. The summed E-state index contributed by atoms with van der Waals surface area (Å²) < 4.78 is 25.4. The largest absolute Gasteiger partial charge is 0.338 e. The fourth-order valence-electron chi connectivity index (χ4n) is 7.18. The number of likely N-dealkylation sites (tertiary alicyclic amines) is 2. The van der Waals surface area contributed by atoms with E-state index in [2.05, 4.69) is 11.0 Å². The molecular weight excluding hydrogens is 565 g/mol. The maximum absolute atomic E-state index is 13.4. The van der Waals surface area contributed by atoms with Gasteiger partial charge in [0.2, 0.25) is 10.0 Å². The number of piperidine rings is 3. The Hall–Kier alpha value is -1.64. The second kappa shape index (κ2) is 12.7. The van der Waals surface area contributed by atoms with E-state index >= 15 is 0 Å². The van der Waals surface area contributed by atoms with E-state index in [4.69, 9.17) is 23.2 Å². The van der Waals surface area contributed by atoms with Crippen LogP contribution in [0.25, 0.3) is 0 Å². The van der Waals surface area contributed by atoms with Gasteiger partial charge in [-0.2, -0.15) is 0 Å². The van der Waals surface area contributed by atoms with Crippen LogP contribution in [0.4, 0.5) is 0 Å². The number of hydrogen-bond donors (Lipinski definition) is 0. The molecule has 0 spiro atoms. The van der Waals surface area contributed by atoms with Gasteiger partial charge < -0.3 is 9.80 Å². The summed E-state index contributed by atoms with van der Waals surface area (Å²) in [6.07, 6.45) is 8.53. The molecule has 2 aromatic carbocycles. The molecule has 3 fully saturated rings. The van der Waals surface area contributed by atoms with Crippen molar-refractivity contribution in [1.29, 1.82) is 0 Å². The van der Waals surface area contributed by atoms with E-state index in [1.54, 1.807) is 4.31 Å². The average Bonchev–Trinajstić information content (AvgIpc) is 2.97. The van der Waals surface area contributed by atoms with Crippen LogP contribution < -0.4 is 0 Å². The normalized spacial score (nSPS) is 24.3. The number of halogens is 2. The number of hydrogen-bond acceptors (Lipinski definition) is 4. The van der Waals surface area contributed by atoms with E-state index in [-0.39, 0.29) is 11.3 Å². The zero-order valence-corrected chi connectivity index (χ0v) is 25.7. The van der Waals surface area contributed by atoms with Crippen molar-refractivity contribution in [2.75, 3.05) is 52.1 Å². The Morgan fingerprint density at radius 3 is 2.17 bits per heavy atom. The molecule has 6 nitrogen and oxygen atoms in total. The summed E-state index contributed by atoms with van der Waals surface area (Å²) in [5.74, 6) is 1.39. The number of carbonyl (C=O) groups excluding carboxylic acids is 1. The summed E-state index contributed by atoms with van der Waals surface area (Å²) in [7, 11) is -3.08. The molecule has 1 unspecified atom stereocenters. The molecule has 1 atom stereocenters. The standard InChI is InChI=1S/C31H41Cl2N3O3S/c1-40(38,39)36-19-12-25(13-20-36)24-10-17-34(18-11-24)21-15-31(27-8-9-28(32)29(33)22-27)14-5-16-35(23-31)30(37)26-6-3-2-4-7-26/h2-4,6-9,22,24-25H,5,10-21,23H2,1H3. The van der Waals surface area contributed by atoms with Crippen molar-refractivity contribution in [3.63, 3.8) is 0 Å². The van der Waals surface area contributed by atoms with Crippen molar-refractivity contribution in [1.82, 2.24) is 14.1 Å². The van der Waals surface area contributed by atoms with Gasteiger partial charge in [-0.15, -0.1) is 0 Å². The first-order valence-corrected chi connectivity index (χ1v) is 17.2. The van der Waals surface area contributed by atoms with Gasteiger partial charge in [-0.3, -0.25) is 4.79 Å². The van der Waals surface area contributed by atoms with Crippen molar-refractivity contribution in [3.8, 4) is 0 Å². The minimum absolute atomic E-state index is 0.0903. The van der Waals surface area contributed by atoms with Gasteiger partial charge in [0.25, 0.3) is 5.91 Å². The molecule has 0 aliphatic carbocycles. The maximum atomic E-state index is 13.4. The van der Waals surface area contributed by atoms with Gasteiger partial charge in [-0.1, -0.05) is 47.5 Å². The highest BCUT2D eigenvalue weighted by Crippen LogP contribution is 2.41. The lowest BCUT2D eigenvalue weighted by Crippen LogP contribution is -2.50. The molecule has 5 rings (SSSR count). The third-order valence-corrected chi connectivity index (χ3v) is 11.6. The molecule has 0 bridgehead atoms. The summed E-state index contributed by atoms with van der Waals surface area (Å²) in [4.78, 5) is 18.0. The molecule has 9 heteroatoms. The molecule has 3 aliphatic rings. The lowest BCUT2D eigenvalue weighted by atomic mass is 9.71. The predicted octanol–water partition coefficient (Wildman–Crippen LogP) is 5.94. The van der Waals surface area contributed by atoms with Crippen molar-refractivity contribution in [2.45, 2.75) is 50.4 Å². The topological polar surface area (TPSA) is 60.9 Å². The third-order valence-electron chi connectivity index (χ3n) is 9.59. The monoisotopic (exact) mass is 605 g/mol. The maximum Gasteiger partial charge on any atom is 0.253 e. The summed E-state index contributed by atoms with van der Waals surface area (Å²) in [6.45, 7) is 5.88. The summed E-state index contributed by atoms with van der Waals surface area (Å²) >= 11 is 12.8. The first kappa shape index (κ1) is 29.8. The van der Waals surface area contributed by atoms with Gasteiger partial charge in [-0.25, -0.2) is 12.7 Å². The van der Waals surface area contributed by atoms with E-state index < -0.39 is 10.0 Å². The van der Waals surface area contributed by atoms with Crippen LogP contribution in [0, 0.1) is 11.8 Å². The summed E-state index contributed by atoms with van der Waals surface area (Å²) in [5.41, 5.74) is 1.73. The van der Waals surface area contributed by atoms with Crippen LogP contribution in [0.3, 0.4) is 0 Å².